The minimum atomic E-state index is -0.982. The van der Waals surface area contributed by atoms with E-state index in [1.165, 1.54) is 0 Å². The van der Waals surface area contributed by atoms with E-state index >= 15 is 0 Å². The second-order valence-electron chi connectivity index (χ2n) is 6.18. The van der Waals surface area contributed by atoms with E-state index in [4.69, 9.17) is 0 Å². The van der Waals surface area contributed by atoms with Gasteiger partial charge in [-0.15, -0.1) is 0 Å². The van der Waals surface area contributed by atoms with E-state index in [1.54, 1.807) is 6.07 Å². The van der Waals surface area contributed by atoms with Crippen molar-refractivity contribution in [1.82, 2.24) is 9.47 Å². The Morgan fingerprint density at radius 1 is 1.17 bits per heavy atom. The lowest BCUT2D eigenvalue weighted by molar-refractivity contribution is 0.0696. The van der Waals surface area contributed by atoms with E-state index in [0.717, 1.165) is 11.1 Å². The predicted octanol–water partition coefficient (Wildman–Crippen LogP) is 3.31. The summed E-state index contributed by atoms with van der Waals surface area (Å²) in [4.78, 5) is 13.7. The average molecular weight is 324 g/mol. The molecule has 0 spiro atoms. The molecular weight excluding hydrogens is 304 g/mol. The van der Waals surface area contributed by atoms with Crippen molar-refractivity contribution in [2.24, 2.45) is 7.05 Å². The first-order valence-electron chi connectivity index (χ1n) is 7.68. The number of phenolic OH excluding ortho intramolecular Hbond substituents is 1. The van der Waals surface area contributed by atoms with E-state index in [1.807, 2.05) is 67.0 Å². The Bertz CT molecular complexity index is 912. The highest BCUT2D eigenvalue weighted by Gasteiger charge is 2.22. The molecule has 3 aromatic rings. The second-order valence-corrected chi connectivity index (χ2v) is 6.18. The predicted molar refractivity (Wildman–Crippen MR) is 94.4 cm³/mol. The molecule has 0 aliphatic rings. The van der Waals surface area contributed by atoms with Crippen LogP contribution in [0.2, 0.25) is 0 Å². The first kappa shape index (κ1) is 16.1. The van der Waals surface area contributed by atoms with Crippen LogP contribution in [0.25, 0.3) is 22.0 Å². The Labute approximate surface area is 140 Å². The number of aromatic hydroxyl groups is 1. The molecule has 0 radical (unpaired) electrons. The number of aryl methyl sites for hydroxylation is 1. The van der Waals surface area contributed by atoms with Crippen molar-refractivity contribution >= 4 is 16.9 Å². The fourth-order valence-corrected chi connectivity index (χ4v) is 3.10. The van der Waals surface area contributed by atoms with Gasteiger partial charge in [0.2, 0.25) is 0 Å². The molecule has 0 fully saturated rings. The summed E-state index contributed by atoms with van der Waals surface area (Å²) in [5, 5.41) is 20.6. The van der Waals surface area contributed by atoms with E-state index in [9.17, 15) is 15.0 Å². The maximum Gasteiger partial charge on any atom is 0.338 e. The number of hydrogen-bond donors (Lipinski definition) is 2. The molecule has 2 N–H and O–H groups in total. The van der Waals surface area contributed by atoms with Crippen LogP contribution in [0.1, 0.15) is 16.1 Å². The molecule has 1 heterocycles. The molecule has 0 bridgehead atoms. The molecule has 1 aromatic heterocycles. The first-order chi connectivity index (χ1) is 11.4. The summed E-state index contributed by atoms with van der Waals surface area (Å²) in [7, 11) is 5.66. The first-order valence-corrected chi connectivity index (χ1v) is 7.68. The van der Waals surface area contributed by atoms with Gasteiger partial charge in [-0.2, -0.15) is 0 Å². The summed E-state index contributed by atoms with van der Waals surface area (Å²) in [6.07, 6.45) is 0. The van der Waals surface area contributed by atoms with Gasteiger partial charge in [0.25, 0.3) is 0 Å². The summed E-state index contributed by atoms with van der Waals surface area (Å²) in [5.41, 5.74) is 3.34. The smallest absolute Gasteiger partial charge is 0.338 e. The van der Waals surface area contributed by atoms with Gasteiger partial charge in [0.05, 0.1) is 5.56 Å². The Morgan fingerprint density at radius 2 is 1.83 bits per heavy atom. The van der Waals surface area contributed by atoms with E-state index in [0.29, 0.717) is 23.2 Å². The maximum absolute atomic E-state index is 11.8. The van der Waals surface area contributed by atoms with Gasteiger partial charge in [-0.1, -0.05) is 30.3 Å². The summed E-state index contributed by atoms with van der Waals surface area (Å²) < 4.78 is 1.89. The molecule has 124 valence electrons. The normalized spacial score (nSPS) is 11.3. The number of carboxylic acid groups (broad SMARTS) is 1. The SMILES string of the molecule is CN(C)Cc1c(C(=O)O)c2cc(O)c(-c3ccccc3)cc2n1C. The molecule has 0 amide bonds. The molecule has 5 nitrogen and oxygen atoms in total. The Balaban J connectivity index is 2.31. The van der Waals surface area contributed by atoms with Crippen LogP contribution in [0.15, 0.2) is 42.5 Å². The van der Waals surface area contributed by atoms with Gasteiger partial charge >= 0.3 is 5.97 Å². The van der Waals surface area contributed by atoms with Crippen LogP contribution in [-0.2, 0) is 13.6 Å². The molecule has 0 unspecified atom stereocenters. The van der Waals surface area contributed by atoms with Gasteiger partial charge < -0.3 is 19.7 Å². The number of carbonyl (C=O) groups is 1. The molecule has 0 saturated carbocycles. The lowest BCUT2D eigenvalue weighted by Gasteiger charge is -2.12. The molecule has 0 aliphatic carbocycles. The molecule has 0 saturated heterocycles. The fourth-order valence-electron chi connectivity index (χ4n) is 3.10. The van der Waals surface area contributed by atoms with E-state index in [-0.39, 0.29) is 11.3 Å². The molecule has 0 atom stereocenters. The second kappa shape index (κ2) is 6.02. The number of phenols is 1. The molecular formula is C19H20N2O3. The Morgan fingerprint density at radius 3 is 2.42 bits per heavy atom. The van der Waals surface area contributed by atoms with Crippen molar-refractivity contribution in [2.75, 3.05) is 14.1 Å². The number of benzene rings is 2. The van der Waals surface area contributed by atoms with Crippen LogP contribution in [0.3, 0.4) is 0 Å². The van der Waals surface area contributed by atoms with Gasteiger partial charge in [-0.25, -0.2) is 4.79 Å². The van der Waals surface area contributed by atoms with Crippen molar-refractivity contribution in [3.63, 3.8) is 0 Å². The van der Waals surface area contributed by atoms with Crippen LogP contribution in [0.4, 0.5) is 0 Å². The van der Waals surface area contributed by atoms with Crippen LogP contribution >= 0.6 is 0 Å². The number of nitrogens with zero attached hydrogens (tertiary/aromatic N) is 2. The number of hydrogen-bond acceptors (Lipinski definition) is 3. The van der Waals surface area contributed by atoms with E-state index in [2.05, 4.69) is 0 Å². The zero-order valence-corrected chi connectivity index (χ0v) is 13.9. The summed E-state index contributed by atoms with van der Waals surface area (Å²) in [5.74, 6) is -0.900. The molecule has 24 heavy (non-hydrogen) atoms. The minimum absolute atomic E-state index is 0.0817. The zero-order valence-electron chi connectivity index (χ0n) is 13.9. The van der Waals surface area contributed by atoms with Crippen molar-refractivity contribution in [3.8, 4) is 16.9 Å². The van der Waals surface area contributed by atoms with Gasteiger partial charge in [-0.3, -0.25) is 0 Å². The Hall–Kier alpha value is -2.79. The standard InChI is InChI=1S/C19H20N2O3/c1-20(2)11-16-18(19(23)24)14-10-17(22)13(9-15(14)21(16)3)12-7-5-4-6-8-12/h4-10,22H,11H2,1-3H3,(H,23,24). The highest BCUT2D eigenvalue weighted by atomic mass is 16.4. The lowest BCUT2D eigenvalue weighted by atomic mass is 10.0. The highest BCUT2D eigenvalue weighted by Crippen LogP contribution is 2.36. The van der Waals surface area contributed by atoms with Crippen molar-refractivity contribution in [2.45, 2.75) is 6.54 Å². The molecule has 0 aliphatic heterocycles. The third-order valence-corrected chi connectivity index (χ3v) is 4.20. The number of fused-ring (bicyclic) bond motifs is 1. The van der Waals surface area contributed by atoms with Crippen LogP contribution in [0.5, 0.6) is 5.75 Å². The molecule has 2 aromatic carbocycles. The van der Waals surface area contributed by atoms with Gasteiger partial charge in [0.15, 0.2) is 0 Å². The van der Waals surface area contributed by atoms with Gasteiger partial charge in [-0.05, 0) is 31.8 Å². The fraction of sp³-hybridized carbons (Fsp3) is 0.211. The minimum Gasteiger partial charge on any atom is -0.507 e. The van der Waals surface area contributed by atoms with Crippen molar-refractivity contribution in [3.05, 3.63) is 53.7 Å². The number of rotatable bonds is 4. The van der Waals surface area contributed by atoms with E-state index < -0.39 is 5.97 Å². The monoisotopic (exact) mass is 324 g/mol. The zero-order chi connectivity index (χ0) is 17.4. The molecule has 3 rings (SSSR count). The van der Waals surface area contributed by atoms with Gasteiger partial charge in [0, 0.05) is 35.8 Å². The average Bonchev–Trinajstić information content (AvgIpc) is 2.79. The van der Waals surface area contributed by atoms with Crippen molar-refractivity contribution in [1.29, 1.82) is 0 Å². The van der Waals surface area contributed by atoms with Crippen LogP contribution in [-0.4, -0.2) is 39.7 Å². The quantitative estimate of drug-likeness (QED) is 0.773. The topological polar surface area (TPSA) is 65.7 Å². The number of carboxylic acids is 1. The van der Waals surface area contributed by atoms with Crippen LogP contribution < -0.4 is 0 Å². The summed E-state index contributed by atoms with van der Waals surface area (Å²) >= 11 is 0. The summed E-state index contributed by atoms with van der Waals surface area (Å²) in [6.45, 7) is 0.508. The number of aromatic carboxylic acids is 1. The van der Waals surface area contributed by atoms with Gasteiger partial charge in [0.1, 0.15) is 5.75 Å². The lowest BCUT2D eigenvalue weighted by Crippen LogP contribution is -2.16. The van der Waals surface area contributed by atoms with Crippen molar-refractivity contribution < 1.29 is 15.0 Å². The largest absolute Gasteiger partial charge is 0.507 e. The summed E-state index contributed by atoms with van der Waals surface area (Å²) in [6, 6.07) is 13.0. The Kier molecular flexibility index (Phi) is 4.03. The maximum atomic E-state index is 11.8. The number of aromatic nitrogens is 1. The highest BCUT2D eigenvalue weighted by molar-refractivity contribution is 6.06. The van der Waals surface area contributed by atoms with Crippen LogP contribution in [0, 0.1) is 0 Å². The third kappa shape index (κ3) is 2.63. The third-order valence-electron chi connectivity index (χ3n) is 4.20. The molecule has 5 heteroatoms.